The summed E-state index contributed by atoms with van der Waals surface area (Å²) in [6, 6.07) is 4.37. The van der Waals surface area contributed by atoms with E-state index in [0.717, 1.165) is 19.3 Å². The molecule has 0 atom stereocenters. The van der Waals surface area contributed by atoms with Gasteiger partial charge in [0.15, 0.2) is 0 Å². The van der Waals surface area contributed by atoms with E-state index in [-0.39, 0.29) is 22.8 Å². The molecule has 4 fully saturated rings. The van der Waals surface area contributed by atoms with Crippen molar-refractivity contribution in [3.8, 4) is 11.5 Å². The minimum Gasteiger partial charge on any atom is -0.508 e. The molecule has 5 nitrogen and oxygen atoms in total. The molecule has 0 saturated heterocycles. The normalized spacial score (nSPS) is 34.4. The van der Waals surface area contributed by atoms with Crippen LogP contribution in [0, 0.1) is 23.2 Å². The molecule has 0 spiro atoms. The van der Waals surface area contributed by atoms with E-state index in [9.17, 15) is 15.0 Å². The van der Waals surface area contributed by atoms with Crippen LogP contribution in [0.15, 0.2) is 23.3 Å². The third kappa shape index (κ3) is 2.56. The Bertz CT molecular complexity index is 675. The van der Waals surface area contributed by atoms with Crippen LogP contribution in [0.4, 0.5) is 0 Å². The van der Waals surface area contributed by atoms with Crippen LogP contribution in [-0.4, -0.2) is 21.8 Å². The second kappa shape index (κ2) is 5.50. The number of phenols is 2. The van der Waals surface area contributed by atoms with Crippen LogP contribution in [0.3, 0.4) is 0 Å². The average molecular weight is 328 g/mol. The molecule has 3 N–H and O–H groups in total. The molecule has 4 bridgehead atoms. The summed E-state index contributed by atoms with van der Waals surface area (Å²) in [4.78, 5) is 12.9. The van der Waals surface area contributed by atoms with E-state index in [4.69, 9.17) is 0 Å². The first-order valence-electron chi connectivity index (χ1n) is 8.82. The molecule has 0 radical (unpaired) electrons. The van der Waals surface area contributed by atoms with Gasteiger partial charge in [-0.3, -0.25) is 4.79 Å². The molecule has 4 aliphatic carbocycles. The first kappa shape index (κ1) is 15.5. The summed E-state index contributed by atoms with van der Waals surface area (Å²) in [7, 11) is 0. The Balaban J connectivity index is 1.50. The van der Waals surface area contributed by atoms with E-state index >= 15 is 0 Å². The minimum absolute atomic E-state index is 0.00153. The van der Waals surface area contributed by atoms with E-state index in [0.29, 0.717) is 29.0 Å². The van der Waals surface area contributed by atoms with Crippen LogP contribution in [0.2, 0.25) is 0 Å². The lowest BCUT2D eigenvalue weighted by Crippen LogP contribution is -2.52. The number of carbonyl (C=O) groups excluding carboxylic acids is 1. The SMILES string of the molecule is C/C(=N/NC(=O)C12CC3CC(CC(C3)C1)C2)c1ccc(O)cc1O. The fraction of sp³-hybridized carbons (Fsp3) is 0.579. The number of rotatable bonds is 3. The van der Waals surface area contributed by atoms with Gasteiger partial charge in [-0.05, 0) is 75.3 Å². The van der Waals surface area contributed by atoms with Crippen molar-refractivity contribution in [2.45, 2.75) is 45.4 Å². The van der Waals surface area contributed by atoms with Crippen molar-refractivity contribution < 1.29 is 15.0 Å². The number of amides is 1. The van der Waals surface area contributed by atoms with E-state index < -0.39 is 0 Å². The number of phenolic OH excluding ortho intramolecular Hbond substituents is 2. The van der Waals surface area contributed by atoms with Gasteiger partial charge >= 0.3 is 0 Å². The van der Waals surface area contributed by atoms with E-state index in [1.807, 2.05) is 0 Å². The van der Waals surface area contributed by atoms with E-state index in [1.54, 1.807) is 13.0 Å². The molecule has 0 unspecified atom stereocenters. The van der Waals surface area contributed by atoms with Crippen molar-refractivity contribution in [1.82, 2.24) is 5.43 Å². The van der Waals surface area contributed by atoms with Gasteiger partial charge in [-0.25, -0.2) is 5.43 Å². The molecule has 0 aromatic heterocycles. The predicted molar refractivity (Wildman–Crippen MR) is 90.7 cm³/mol. The first-order valence-corrected chi connectivity index (χ1v) is 8.82. The van der Waals surface area contributed by atoms with Gasteiger partial charge in [-0.2, -0.15) is 5.10 Å². The highest BCUT2D eigenvalue weighted by Crippen LogP contribution is 2.60. The summed E-state index contributed by atoms with van der Waals surface area (Å²) < 4.78 is 0. The third-order valence-electron chi connectivity index (χ3n) is 6.22. The van der Waals surface area contributed by atoms with Gasteiger partial charge in [-0.15, -0.1) is 0 Å². The number of hydrogen-bond donors (Lipinski definition) is 3. The second-order valence-electron chi connectivity index (χ2n) is 8.04. The quantitative estimate of drug-likeness (QED) is 0.589. The summed E-state index contributed by atoms with van der Waals surface area (Å²) in [5.41, 5.74) is 3.57. The number of carbonyl (C=O) groups is 1. The molecular weight excluding hydrogens is 304 g/mol. The van der Waals surface area contributed by atoms with Crippen LogP contribution in [-0.2, 0) is 4.79 Å². The van der Waals surface area contributed by atoms with Crippen molar-refractivity contribution in [3.05, 3.63) is 23.8 Å². The fourth-order valence-electron chi connectivity index (χ4n) is 5.53. The zero-order valence-corrected chi connectivity index (χ0v) is 14.0. The molecule has 1 amide bonds. The van der Waals surface area contributed by atoms with E-state index in [2.05, 4.69) is 10.5 Å². The van der Waals surface area contributed by atoms with Gasteiger partial charge in [0.25, 0.3) is 0 Å². The number of benzene rings is 1. The minimum atomic E-state index is -0.227. The largest absolute Gasteiger partial charge is 0.508 e. The summed E-state index contributed by atoms with van der Waals surface area (Å²) in [6.45, 7) is 1.74. The van der Waals surface area contributed by atoms with Gasteiger partial charge in [0.2, 0.25) is 5.91 Å². The molecular formula is C19H24N2O3. The van der Waals surface area contributed by atoms with Crippen LogP contribution in [0.1, 0.15) is 51.0 Å². The predicted octanol–water partition coefficient (Wildman–Crippen LogP) is 3.15. The molecule has 0 heterocycles. The molecule has 5 heteroatoms. The lowest BCUT2D eigenvalue weighted by Gasteiger charge is -2.55. The summed E-state index contributed by atoms with van der Waals surface area (Å²) >= 11 is 0. The van der Waals surface area contributed by atoms with Gasteiger partial charge in [0, 0.05) is 11.6 Å². The molecule has 0 aliphatic heterocycles. The maximum atomic E-state index is 12.9. The molecule has 24 heavy (non-hydrogen) atoms. The monoisotopic (exact) mass is 328 g/mol. The zero-order valence-electron chi connectivity index (χ0n) is 14.0. The fourth-order valence-corrected chi connectivity index (χ4v) is 5.53. The number of hydrogen-bond acceptors (Lipinski definition) is 4. The molecule has 4 saturated carbocycles. The van der Waals surface area contributed by atoms with Crippen molar-refractivity contribution in [2.24, 2.45) is 28.3 Å². The zero-order chi connectivity index (χ0) is 16.9. The Hall–Kier alpha value is -2.04. The van der Waals surface area contributed by atoms with Crippen LogP contribution in [0.25, 0.3) is 0 Å². The number of nitrogens with one attached hydrogen (secondary N) is 1. The maximum Gasteiger partial charge on any atom is 0.246 e. The Morgan fingerprint density at radius 2 is 1.71 bits per heavy atom. The number of nitrogens with zero attached hydrogens (tertiary/aromatic N) is 1. The molecule has 1 aromatic carbocycles. The second-order valence-corrected chi connectivity index (χ2v) is 8.04. The average Bonchev–Trinajstić information content (AvgIpc) is 2.51. The van der Waals surface area contributed by atoms with Gasteiger partial charge in [0.1, 0.15) is 11.5 Å². The van der Waals surface area contributed by atoms with Crippen molar-refractivity contribution in [2.75, 3.05) is 0 Å². The van der Waals surface area contributed by atoms with Crippen molar-refractivity contribution >= 4 is 11.6 Å². The Kier molecular flexibility index (Phi) is 3.55. The first-order chi connectivity index (χ1) is 11.4. The number of aromatic hydroxyl groups is 2. The summed E-state index contributed by atoms with van der Waals surface area (Å²) in [6.07, 6.45) is 6.92. The van der Waals surface area contributed by atoms with Crippen LogP contribution >= 0.6 is 0 Å². The Labute approximate surface area is 141 Å². The van der Waals surface area contributed by atoms with Crippen molar-refractivity contribution in [3.63, 3.8) is 0 Å². The molecule has 1 aromatic rings. The van der Waals surface area contributed by atoms with Gasteiger partial charge in [-0.1, -0.05) is 0 Å². The Morgan fingerprint density at radius 3 is 2.25 bits per heavy atom. The van der Waals surface area contributed by atoms with Gasteiger partial charge in [0.05, 0.1) is 11.1 Å². The molecule has 4 aliphatic rings. The summed E-state index contributed by atoms with van der Waals surface area (Å²) in [5, 5.41) is 23.5. The highest BCUT2D eigenvalue weighted by molar-refractivity contribution is 6.01. The highest BCUT2D eigenvalue weighted by Gasteiger charge is 2.54. The maximum absolute atomic E-state index is 12.9. The molecule has 5 rings (SSSR count). The van der Waals surface area contributed by atoms with Crippen LogP contribution < -0.4 is 5.43 Å². The molecule has 128 valence electrons. The van der Waals surface area contributed by atoms with E-state index in [1.165, 1.54) is 31.4 Å². The lowest BCUT2D eigenvalue weighted by molar-refractivity contribution is -0.146. The lowest BCUT2D eigenvalue weighted by atomic mass is 9.49. The highest BCUT2D eigenvalue weighted by atomic mass is 16.3. The topological polar surface area (TPSA) is 81.9 Å². The third-order valence-corrected chi connectivity index (χ3v) is 6.22. The van der Waals surface area contributed by atoms with Crippen LogP contribution in [0.5, 0.6) is 11.5 Å². The smallest absolute Gasteiger partial charge is 0.246 e. The Morgan fingerprint density at radius 1 is 1.12 bits per heavy atom. The number of hydrazone groups is 1. The van der Waals surface area contributed by atoms with Crippen molar-refractivity contribution in [1.29, 1.82) is 0 Å². The summed E-state index contributed by atoms with van der Waals surface area (Å²) in [5.74, 6) is 2.15. The van der Waals surface area contributed by atoms with Gasteiger partial charge < -0.3 is 10.2 Å². The standard InChI is InChI=1S/C19H24N2O3/c1-11(16-3-2-15(22)7-17(16)23)20-21-18(24)19-8-12-4-13(9-19)6-14(5-12)10-19/h2-3,7,12-14,22-23H,4-6,8-10H2,1H3,(H,21,24)/b20-11-.